The Morgan fingerprint density at radius 1 is 1.07 bits per heavy atom. The number of hydrogen-bond acceptors (Lipinski definition) is 5. The molecule has 0 radical (unpaired) electrons. The van der Waals surface area contributed by atoms with Gasteiger partial charge in [-0.1, -0.05) is 18.2 Å². The highest BCUT2D eigenvalue weighted by molar-refractivity contribution is 7.13. The third-order valence-electron chi connectivity index (χ3n) is 3.81. The molecule has 1 aromatic heterocycles. The second-order valence-corrected chi connectivity index (χ2v) is 7.09. The summed E-state index contributed by atoms with van der Waals surface area (Å²) in [7, 11) is 0. The summed E-state index contributed by atoms with van der Waals surface area (Å²) in [6.45, 7) is 4.91. The van der Waals surface area contributed by atoms with Crippen LogP contribution in [0.25, 0.3) is 10.6 Å². The molecule has 0 saturated carbocycles. The topological polar surface area (TPSA) is 68.7 Å². The summed E-state index contributed by atoms with van der Waals surface area (Å²) in [5, 5.41) is 11.4. The normalized spacial score (nSPS) is 10.6. The van der Waals surface area contributed by atoms with Gasteiger partial charge in [-0.25, -0.2) is 4.98 Å². The Balaban J connectivity index is 1.62. The molecule has 0 spiro atoms. The SMILES string of the molecule is Cc1cc(C)cc(OCCOc2ccccc2-c2nc(CC(=O)O)cs2)c1. The molecule has 0 amide bonds. The highest BCUT2D eigenvalue weighted by Gasteiger charge is 2.12. The van der Waals surface area contributed by atoms with E-state index in [2.05, 4.69) is 11.1 Å². The van der Waals surface area contributed by atoms with Crippen LogP contribution in [0.1, 0.15) is 16.8 Å². The molecular weight excluding hydrogens is 362 g/mol. The van der Waals surface area contributed by atoms with Crippen molar-refractivity contribution in [2.24, 2.45) is 0 Å². The van der Waals surface area contributed by atoms with E-state index in [1.165, 1.54) is 11.3 Å². The van der Waals surface area contributed by atoms with E-state index in [-0.39, 0.29) is 6.42 Å². The smallest absolute Gasteiger partial charge is 0.309 e. The summed E-state index contributed by atoms with van der Waals surface area (Å²) in [4.78, 5) is 15.2. The van der Waals surface area contributed by atoms with Crippen LogP contribution in [0, 0.1) is 13.8 Å². The lowest BCUT2D eigenvalue weighted by atomic mass is 10.1. The first-order valence-electron chi connectivity index (χ1n) is 8.61. The molecule has 0 aliphatic rings. The van der Waals surface area contributed by atoms with Crippen molar-refractivity contribution in [2.75, 3.05) is 13.2 Å². The van der Waals surface area contributed by atoms with Crippen molar-refractivity contribution in [2.45, 2.75) is 20.3 Å². The average molecular weight is 383 g/mol. The molecule has 3 rings (SSSR count). The standard InChI is InChI=1S/C21H21NO4S/c1-14-9-15(2)11-17(10-14)25-7-8-26-19-6-4-3-5-18(19)21-22-16(13-27-21)12-20(23)24/h3-6,9-11,13H,7-8,12H2,1-2H3,(H,23,24). The minimum absolute atomic E-state index is 0.0801. The number of aromatic nitrogens is 1. The van der Waals surface area contributed by atoms with Crippen LogP contribution in [0.2, 0.25) is 0 Å². The van der Waals surface area contributed by atoms with Crippen LogP contribution in [-0.4, -0.2) is 29.3 Å². The fourth-order valence-corrected chi connectivity index (χ4v) is 3.61. The number of benzene rings is 2. The molecule has 0 unspecified atom stereocenters. The van der Waals surface area contributed by atoms with E-state index in [0.29, 0.717) is 24.7 Å². The predicted molar refractivity (Wildman–Crippen MR) is 106 cm³/mol. The monoisotopic (exact) mass is 383 g/mol. The highest BCUT2D eigenvalue weighted by atomic mass is 32.1. The molecule has 140 valence electrons. The van der Waals surface area contributed by atoms with Crippen molar-refractivity contribution in [1.29, 1.82) is 0 Å². The number of nitrogens with zero attached hydrogens (tertiary/aromatic N) is 1. The van der Waals surface area contributed by atoms with Crippen molar-refractivity contribution >= 4 is 17.3 Å². The van der Waals surface area contributed by atoms with Crippen LogP contribution >= 0.6 is 11.3 Å². The van der Waals surface area contributed by atoms with E-state index in [1.807, 2.05) is 50.2 Å². The molecule has 0 aliphatic carbocycles. The number of carboxylic acid groups (broad SMARTS) is 1. The summed E-state index contributed by atoms with van der Waals surface area (Å²) in [6, 6.07) is 13.7. The summed E-state index contributed by atoms with van der Waals surface area (Å²) >= 11 is 1.41. The van der Waals surface area contributed by atoms with Gasteiger partial charge in [0, 0.05) is 5.38 Å². The predicted octanol–water partition coefficient (Wildman–Crippen LogP) is 4.51. The average Bonchev–Trinajstić information content (AvgIpc) is 3.06. The zero-order valence-corrected chi connectivity index (χ0v) is 16.1. The van der Waals surface area contributed by atoms with Crippen molar-refractivity contribution in [3.63, 3.8) is 0 Å². The van der Waals surface area contributed by atoms with Gasteiger partial charge in [0.2, 0.25) is 0 Å². The third kappa shape index (κ3) is 5.31. The second kappa shape index (κ2) is 8.68. The summed E-state index contributed by atoms with van der Waals surface area (Å²) < 4.78 is 11.7. The quantitative estimate of drug-likeness (QED) is 0.580. The van der Waals surface area contributed by atoms with E-state index in [0.717, 1.165) is 27.4 Å². The maximum atomic E-state index is 10.8. The van der Waals surface area contributed by atoms with E-state index in [4.69, 9.17) is 14.6 Å². The molecule has 5 nitrogen and oxygen atoms in total. The molecule has 0 saturated heterocycles. The molecule has 0 bridgehead atoms. The molecular formula is C21H21NO4S. The number of thiazole rings is 1. The van der Waals surface area contributed by atoms with Crippen LogP contribution < -0.4 is 9.47 Å². The lowest BCUT2D eigenvalue weighted by Gasteiger charge is -2.11. The van der Waals surface area contributed by atoms with E-state index in [1.54, 1.807) is 5.38 Å². The first-order valence-corrected chi connectivity index (χ1v) is 9.49. The van der Waals surface area contributed by atoms with Gasteiger partial charge in [0.1, 0.15) is 29.7 Å². The largest absolute Gasteiger partial charge is 0.490 e. The molecule has 6 heteroatoms. The maximum absolute atomic E-state index is 10.8. The lowest BCUT2D eigenvalue weighted by molar-refractivity contribution is -0.136. The Morgan fingerprint density at radius 2 is 1.78 bits per heavy atom. The van der Waals surface area contributed by atoms with E-state index in [9.17, 15) is 4.79 Å². The van der Waals surface area contributed by atoms with Crippen LogP contribution in [0.4, 0.5) is 0 Å². The molecule has 0 atom stereocenters. The summed E-state index contributed by atoms with van der Waals surface area (Å²) in [6.07, 6.45) is -0.0801. The maximum Gasteiger partial charge on any atom is 0.309 e. The summed E-state index contributed by atoms with van der Waals surface area (Å²) in [5.41, 5.74) is 3.73. The van der Waals surface area contributed by atoms with Gasteiger partial charge in [-0.15, -0.1) is 11.3 Å². The van der Waals surface area contributed by atoms with Crippen molar-refractivity contribution < 1.29 is 19.4 Å². The Labute approximate surface area is 162 Å². The Morgan fingerprint density at radius 3 is 2.52 bits per heavy atom. The molecule has 3 aromatic rings. The van der Waals surface area contributed by atoms with Gasteiger partial charge < -0.3 is 14.6 Å². The van der Waals surface area contributed by atoms with Crippen LogP contribution in [0.5, 0.6) is 11.5 Å². The summed E-state index contributed by atoms with van der Waals surface area (Å²) in [5.74, 6) is 0.653. The minimum Gasteiger partial charge on any atom is -0.490 e. The van der Waals surface area contributed by atoms with Crippen molar-refractivity contribution in [1.82, 2.24) is 4.98 Å². The van der Waals surface area contributed by atoms with Crippen LogP contribution in [-0.2, 0) is 11.2 Å². The van der Waals surface area contributed by atoms with Gasteiger partial charge in [-0.3, -0.25) is 4.79 Å². The van der Waals surface area contributed by atoms with Gasteiger partial charge in [-0.2, -0.15) is 0 Å². The number of para-hydroxylation sites is 1. The minimum atomic E-state index is -0.889. The molecule has 0 fully saturated rings. The Bertz CT molecular complexity index is 915. The first kappa shape index (κ1) is 18.9. The number of carbonyl (C=O) groups is 1. The highest BCUT2D eigenvalue weighted by Crippen LogP contribution is 2.32. The van der Waals surface area contributed by atoms with Gasteiger partial charge in [0.05, 0.1) is 17.7 Å². The number of rotatable bonds is 8. The fourth-order valence-electron chi connectivity index (χ4n) is 2.76. The van der Waals surface area contributed by atoms with Crippen molar-refractivity contribution in [3.05, 3.63) is 64.7 Å². The molecule has 1 N–H and O–H groups in total. The van der Waals surface area contributed by atoms with Gasteiger partial charge >= 0.3 is 5.97 Å². The van der Waals surface area contributed by atoms with E-state index < -0.39 is 5.97 Å². The number of aliphatic carboxylic acids is 1. The molecule has 2 aromatic carbocycles. The first-order chi connectivity index (χ1) is 13.0. The fraction of sp³-hybridized carbons (Fsp3) is 0.238. The van der Waals surface area contributed by atoms with E-state index >= 15 is 0 Å². The third-order valence-corrected chi connectivity index (χ3v) is 4.73. The van der Waals surface area contributed by atoms with Gasteiger partial charge in [0.25, 0.3) is 0 Å². The zero-order chi connectivity index (χ0) is 19.2. The Kier molecular flexibility index (Phi) is 6.08. The molecule has 27 heavy (non-hydrogen) atoms. The second-order valence-electron chi connectivity index (χ2n) is 6.23. The van der Waals surface area contributed by atoms with Crippen molar-refractivity contribution in [3.8, 4) is 22.1 Å². The number of hydrogen-bond donors (Lipinski definition) is 1. The molecule has 0 aliphatic heterocycles. The number of ether oxygens (including phenoxy) is 2. The number of aryl methyl sites for hydroxylation is 2. The Hall–Kier alpha value is -2.86. The van der Waals surface area contributed by atoms with Crippen LogP contribution in [0.3, 0.4) is 0 Å². The van der Waals surface area contributed by atoms with Gasteiger partial charge in [0.15, 0.2) is 0 Å². The van der Waals surface area contributed by atoms with Crippen LogP contribution in [0.15, 0.2) is 47.8 Å². The van der Waals surface area contributed by atoms with Gasteiger partial charge in [-0.05, 0) is 49.2 Å². The molecule has 1 heterocycles. The lowest BCUT2D eigenvalue weighted by Crippen LogP contribution is -2.09. The zero-order valence-electron chi connectivity index (χ0n) is 15.3. The number of carboxylic acids is 1.